The Morgan fingerprint density at radius 1 is 1.35 bits per heavy atom. The summed E-state index contributed by atoms with van der Waals surface area (Å²) in [6, 6.07) is 9.11. The molecule has 0 saturated heterocycles. The second-order valence-corrected chi connectivity index (χ2v) is 7.19. The van der Waals surface area contributed by atoms with Gasteiger partial charge in [0.15, 0.2) is 0 Å². The van der Waals surface area contributed by atoms with E-state index in [-0.39, 0.29) is 11.9 Å². The monoisotopic (exact) mass is 308 g/mol. The number of thioether (sulfide) groups is 1. The van der Waals surface area contributed by atoms with Gasteiger partial charge in [-0.25, -0.2) is 4.39 Å². The first-order valence-electron chi connectivity index (χ1n) is 6.66. The first kappa shape index (κ1) is 14.1. The van der Waals surface area contributed by atoms with E-state index in [1.54, 1.807) is 6.07 Å². The largest absolute Gasteiger partial charge is 0.271 e. The van der Waals surface area contributed by atoms with Crippen LogP contribution in [0.5, 0.6) is 0 Å². The number of halogens is 1. The predicted molar refractivity (Wildman–Crippen MR) is 84.4 cm³/mol. The van der Waals surface area contributed by atoms with Gasteiger partial charge in [-0.2, -0.15) is 11.8 Å². The molecule has 0 amide bonds. The number of rotatable bonds is 4. The quantitative estimate of drug-likeness (QED) is 0.671. The highest BCUT2D eigenvalue weighted by Gasteiger charge is 2.19. The second kappa shape index (κ2) is 6.26. The molecule has 1 atom stereocenters. The number of hydrazine groups is 1. The van der Waals surface area contributed by atoms with E-state index >= 15 is 0 Å². The van der Waals surface area contributed by atoms with Crippen molar-refractivity contribution in [3.8, 4) is 0 Å². The summed E-state index contributed by atoms with van der Waals surface area (Å²) >= 11 is 3.79. The van der Waals surface area contributed by atoms with Crippen LogP contribution in [-0.2, 0) is 18.6 Å². The average Bonchev–Trinajstić information content (AvgIpc) is 2.90. The normalized spacial score (nSPS) is 15.9. The zero-order valence-corrected chi connectivity index (χ0v) is 12.7. The molecule has 1 aliphatic rings. The summed E-state index contributed by atoms with van der Waals surface area (Å²) in [5.41, 5.74) is 4.97. The van der Waals surface area contributed by atoms with Gasteiger partial charge in [0.2, 0.25) is 0 Å². The summed E-state index contributed by atoms with van der Waals surface area (Å²) < 4.78 is 13.8. The molecule has 0 fully saturated rings. The fourth-order valence-electron chi connectivity index (χ4n) is 2.47. The third-order valence-corrected chi connectivity index (χ3v) is 5.93. The molecule has 1 aromatic heterocycles. The Hall–Kier alpha value is -0.880. The molecular weight excluding hydrogens is 291 g/mol. The van der Waals surface area contributed by atoms with Crippen molar-refractivity contribution in [2.75, 3.05) is 5.75 Å². The molecule has 0 bridgehead atoms. The number of hydrogen-bond donors (Lipinski definition) is 2. The van der Waals surface area contributed by atoms with Crippen molar-refractivity contribution in [3.63, 3.8) is 0 Å². The van der Waals surface area contributed by atoms with Crippen molar-refractivity contribution >= 4 is 23.1 Å². The summed E-state index contributed by atoms with van der Waals surface area (Å²) in [5, 5.41) is 0. The summed E-state index contributed by atoms with van der Waals surface area (Å²) in [6.45, 7) is 0. The van der Waals surface area contributed by atoms with Gasteiger partial charge in [0.1, 0.15) is 5.82 Å². The minimum atomic E-state index is -0.162. The van der Waals surface area contributed by atoms with Gasteiger partial charge in [-0.1, -0.05) is 18.2 Å². The highest BCUT2D eigenvalue weighted by molar-refractivity contribution is 7.98. The van der Waals surface area contributed by atoms with Gasteiger partial charge in [-0.3, -0.25) is 11.3 Å². The molecule has 5 heteroatoms. The molecule has 2 aromatic rings. The zero-order chi connectivity index (χ0) is 13.9. The van der Waals surface area contributed by atoms with Crippen LogP contribution in [0.25, 0.3) is 0 Å². The SMILES string of the molecule is NNC(Cc1ccccc1F)c1cc2c(s1)CCSC2. The maximum atomic E-state index is 13.8. The summed E-state index contributed by atoms with van der Waals surface area (Å²) in [7, 11) is 0. The summed E-state index contributed by atoms with van der Waals surface area (Å²) in [5.74, 6) is 7.81. The van der Waals surface area contributed by atoms with Gasteiger partial charge in [0, 0.05) is 15.5 Å². The smallest absolute Gasteiger partial charge is 0.126 e. The molecule has 3 N–H and O–H groups in total. The van der Waals surface area contributed by atoms with Crippen LogP contribution in [0.4, 0.5) is 4.39 Å². The van der Waals surface area contributed by atoms with Crippen LogP contribution in [0.3, 0.4) is 0 Å². The van der Waals surface area contributed by atoms with Crippen LogP contribution in [0, 0.1) is 5.82 Å². The van der Waals surface area contributed by atoms with Crippen molar-refractivity contribution in [2.45, 2.75) is 24.6 Å². The number of benzene rings is 1. The number of fused-ring (bicyclic) bond motifs is 1. The molecule has 20 heavy (non-hydrogen) atoms. The lowest BCUT2D eigenvalue weighted by Crippen LogP contribution is -2.29. The number of hydrogen-bond acceptors (Lipinski definition) is 4. The van der Waals surface area contributed by atoms with Crippen molar-refractivity contribution in [3.05, 3.63) is 57.0 Å². The van der Waals surface area contributed by atoms with Gasteiger partial charge in [-0.05, 0) is 41.9 Å². The summed E-state index contributed by atoms with van der Waals surface area (Å²) in [6.07, 6.45) is 1.72. The van der Waals surface area contributed by atoms with Crippen LogP contribution < -0.4 is 11.3 Å². The van der Waals surface area contributed by atoms with Crippen LogP contribution in [0.15, 0.2) is 30.3 Å². The topological polar surface area (TPSA) is 38.0 Å². The van der Waals surface area contributed by atoms with Crippen molar-refractivity contribution in [1.82, 2.24) is 5.43 Å². The first-order valence-corrected chi connectivity index (χ1v) is 8.64. The molecule has 3 rings (SSSR count). The average molecular weight is 308 g/mol. The van der Waals surface area contributed by atoms with Crippen molar-refractivity contribution in [2.24, 2.45) is 5.84 Å². The maximum Gasteiger partial charge on any atom is 0.126 e. The van der Waals surface area contributed by atoms with E-state index in [0.29, 0.717) is 12.0 Å². The number of aryl methyl sites for hydroxylation is 1. The molecular formula is C15H17FN2S2. The van der Waals surface area contributed by atoms with Gasteiger partial charge in [0.05, 0.1) is 6.04 Å². The van der Waals surface area contributed by atoms with Crippen LogP contribution in [-0.4, -0.2) is 5.75 Å². The van der Waals surface area contributed by atoms with Gasteiger partial charge in [-0.15, -0.1) is 11.3 Å². The first-order chi connectivity index (χ1) is 9.78. The lowest BCUT2D eigenvalue weighted by molar-refractivity contribution is 0.535. The predicted octanol–water partition coefficient (Wildman–Crippen LogP) is 3.42. The molecule has 2 nitrogen and oxygen atoms in total. The molecule has 2 heterocycles. The number of thiophene rings is 1. The summed E-state index contributed by atoms with van der Waals surface area (Å²) in [4.78, 5) is 2.68. The Balaban J connectivity index is 1.83. The second-order valence-electron chi connectivity index (χ2n) is 4.91. The molecule has 0 radical (unpaired) electrons. The molecule has 0 spiro atoms. The van der Waals surface area contributed by atoms with E-state index in [1.807, 2.05) is 35.2 Å². The Bertz CT molecular complexity index is 574. The Morgan fingerprint density at radius 3 is 2.95 bits per heavy atom. The molecule has 106 valence electrons. The van der Waals surface area contributed by atoms with E-state index in [9.17, 15) is 4.39 Å². The Labute approximate surface area is 126 Å². The third-order valence-electron chi connectivity index (χ3n) is 3.57. The standard InChI is InChI=1S/C15H17FN2S2/c16-12-4-2-1-3-10(12)7-13(18-17)15-8-11-9-19-6-5-14(11)20-15/h1-4,8,13,18H,5-7,9,17H2. The van der Waals surface area contributed by atoms with Gasteiger partial charge in [0.25, 0.3) is 0 Å². The Kier molecular flexibility index (Phi) is 4.41. The van der Waals surface area contributed by atoms with Crippen LogP contribution in [0.1, 0.15) is 26.9 Å². The van der Waals surface area contributed by atoms with Crippen LogP contribution in [0.2, 0.25) is 0 Å². The van der Waals surface area contributed by atoms with E-state index < -0.39 is 0 Å². The minimum Gasteiger partial charge on any atom is -0.271 e. The van der Waals surface area contributed by atoms with Crippen molar-refractivity contribution in [1.29, 1.82) is 0 Å². The molecule has 0 saturated carbocycles. The third kappa shape index (κ3) is 2.91. The minimum absolute atomic E-state index is 0.0208. The molecule has 0 aliphatic carbocycles. The fourth-order valence-corrected chi connectivity index (χ4v) is 4.90. The number of nitrogens with one attached hydrogen (secondary N) is 1. The molecule has 1 aliphatic heterocycles. The Morgan fingerprint density at radius 2 is 2.20 bits per heavy atom. The van der Waals surface area contributed by atoms with E-state index in [2.05, 4.69) is 11.5 Å². The fraction of sp³-hybridized carbons (Fsp3) is 0.333. The van der Waals surface area contributed by atoms with Crippen molar-refractivity contribution < 1.29 is 4.39 Å². The van der Waals surface area contributed by atoms with Crippen LogP contribution >= 0.6 is 23.1 Å². The molecule has 1 aromatic carbocycles. The highest BCUT2D eigenvalue weighted by Crippen LogP contribution is 2.35. The van der Waals surface area contributed by atoms with Gasteiger partial charge < -0.3 is 0 Å². The van der Waals surface area contributed by atoms with Gasteiger partial charge >= 0.3 is 0 Å². The lowest BCUT2D eigenvalue weighted by Gasteiger charge is -2.14. The maximum absolute atomic E-state index is 13.8. The highest BCUT2D eigenvalue weighted by atomic mass is 32.2. The lowest BCUT2D eigenvalue weighted by atomic mass is 10.0. The number of nitrogens with two attached hydrogens (primary N) is 1. The van der Waals surface area contributed by atoms with E-state index in [4.69, 9.17) is 5.84 Å². The van der Waals surface area contributed by atoms with E-state index in [1.165, 1.54) is 27.1 Å². The zero-order valence-electron chi connectivity index (χ0n) is 11.1. The van der Waals surface area contributed by atoms with E-state index in [0.717, 1.165) is 12.2 Å². The molecule has 1 unspecified atom stereocenters.